The monoisotopic (exact) mass is 388 g/mol. The topological polar surface area (TPSA) is 52.6 Å². The van der Waals surface area contributed by atoms with E-state index in [1.165, 1.54) is 12.5 Å². The number of hydrogen-bond donors (Lipinski definition) is 0. The maximum Gasteiger partial charge on any atom is 0.314 e. The fraction of sp³-hybridized carbons (Fsp3) is 0.583. The average Bonchev–Trinajstić information content (AvgIpc) is 2.72. The Labute approximate surface area is 170 Å². The highest BCUT2D eigenvalue weighted by Gasteiger charge is 2.37. The lowest BCUT2D eigenvalue weighted by Gasteiger charge is -2.27. The van der Waals surface area contributed by atoms with Crippen LogP contribution < -0.4 is 0 Å². The first-order valence-electron chi connectivity index (χ1n) is 10.7. The van der Waals surface area contributed by atoms with E-state index in [0.717, 1.165) is 51.4 Å². The van der Waals surface area contributed by atoms with Gasteiger partial charge < -0.3 is 9.47 Å². The van der Waals surface area contributed by atoms with Gasteiger partial charge in [0.05, 0.1) is 24.4 Å². The second kappa shape index (κ2) is 15.9. The number of rotatable bonds is 12. The van der Waals surface area contributed by atoms with Gasteiger partial charge in [0.1, 0.15) is 0 Å². The summed E-state index contributed by atoms with van der Waals surface area (Å²) in [6.07, 6.45) is 24.0. The zero-order chi connectivity index (χ0) is 20.5. The summed E-state index contributed by atoms with van der Waals surface area (Å²) in [5.74, 6) is -1.54. The number of carbonyl (C=O) groups excluding carboxylic acids is 2. The minimum Gasteiger partial charge on any atom is -0.434 e. The third kappa shape index (κ3) is 10.3. The highest BCUT2D eigenvalue weighted by molar-refractivity contribution is 5.82. The minimum atomic E-state index is -0.427. The van der Waals surface area contributed by atoms with E-state index in [4.69, 9.17) is 9.47 Å². The van der Waals surface area contributed by atoms with Crippen molar-refractivity contribution in [2.75, 3.05) is 0 Å². The van der Waals surface area contributed by atoms with E-state index < -0.39 is 11.8 Å². The van der Waals surface area contributed by atoms with Crippen LogP contribution in [-0.4, -0.2) is 11.9 Å². The molecule has 0 spiro atoms. The molecule has 1 fully saturated rings. The van der Waals surface area contributed by atoms with Gasteiger partial charge in [-0.15, -0.1) is 0 Å². The lowest BCUT2D eigenvalue weighted by Crippen LogP contribution is -2.33. The maximum atomic E-state index is 12.4. The Morgan fingerprint density at radius 1 is 0.750 bits per heavy atom. The van der Waals surface area contributed by atoms with E-state index in [-0.39, 0.29) is 11.9 Å². The van der Waals surface area contributed by atoms with E-state index in [1.807, 2.05) is 12.2 Å². The molecule has 0 N–H and O–H groups in total. The van der Waals surface area contributed by atoms with Crippen molar-refractivity contribution in [2.24, 2.45) is 11.8 Å². The molecule has 28 heavy (non-hydrogen) atoms. The zero-order valence-electron chi connectivity index (χ0n) is 17.5. The first-order valence-corrected chi connectivity index (χ1v) is 10.7. The van der Waals surface area contributed by atoms with Crippen LogP contribution in [0.25, 0.3) is 0 Å². The van der Waals surface area contributed by atoms with Gasteiger partial charge in [-0.3, -0.25) is 9.59 Å². The van der Waals surface area contributed by atoms with Crippen LogP contribution in [0, 0.1) is 11.8 Å². The molecule has 0 aromatic heterocycles. The van der Waals surface area contributed by atoms with Crippen molar-refractivity contribution in [3.63, 3.8) is 0 Å². The number of ether oxygens (including phenoxy) is 2. The summed E-state index contributed by atoms with van der Waals surface area (Å²) in [6, 6.07) is 0. The summed E-state index contributed by atoms with van der Waals surface area (Å²) < 4.78 is 10.5. The van der Waals surface area contributed by atoms with E-state index in [2.05, 4.69) is 26.0 Å². The van der Waals surface area contributed by atoms with Crippen LogP contribution in [0.3, 0.4) is 0 Å². The molecule has 0 heterocycles. The largest absolute Gasteiger partial charge is 0.434 e. The number of allylic oxidation sites excluding steroid dienone is 6. The maximum absolute atomic E-state index is 12.4. The Morgan fingerprint density at radius 3 is 1.57 bits per heavy atom. The quantitative estimate of drug-likeness (QED) is 0.168. The van der Waals surface area contributed by atoms with Gasteiger partial charge in [0.25, 0.3) is 0 Å². The van der Waals surface area contributed by atoms with Gasteiger partial charge in [0.2, 0.25) is 0 Å². The van der Waals surface area contributed by atoms with Gasteiger partial charge in [-0.25, -0.2) is 0 Å². The van der Waals surface area contributed by atoms with Crippen molar-refractivity contribution >= 4 is 11.9 Å². The number of esters is 2. The molecule has 0 saturated heterocycles. The second-order valence-corrected chi connectivity index (χ2v) is 7.17. The Balaban J connectivity index is 2.46. The summed E-state index contributed by atoms with van der Waals surface area (Å²) >= 11 is 0. The van der Waals surface area contributed by atoms with Crippen LogP contribution in [0.2, 0.25) is 0 Å². The van der Waals surface area contributed by atoms with Crippen LogP contribution in [0.15, 0.2) is 49.0 Å². The predicted molar refractivity (Wildman–Crippen MR) is 113 cm³/mol. The third-order valence-electron chi connectivity index (χ3n) is 4.84. The van der Waals surface area contributed by atoms with Crippen molar-refractivity contribution in [1.29, 1.82) is 0 Å². The Kier molecular flexibility index (Phi) is 13.6. The fourth-order valence-corrected chi connectivity index (χ4v) is 3.17. The molecular weight excluding hydrogens is 352 g/mol. The van der Waals surface area contributed by atoms with Crippen LogP contribution in [0.1, 0.15) is 78.1 Å². The highest BCUT2D eigenvalue weighted by Crippen LogP contribution is 2.32. The van der Waals surface area contributed by atoms with Gasteiger partial charge >= 0.3 is 11.9 Å². The van der Waals surface area contributed by atoms with Gasteiger partial charge in [0.15, 0.2) is 0 Å². The van der Waals surface area contributed by atoms with Crippen molar-refractivity contribution in [1.82, 2.24) is 0 Å². The molecule has 0 amide bonds. The Bertz CT molecular complexity index is 507. The molecule has 0 bridgehead atoms. The number of carbonyl (C=O) groups is 2. The van der Waals surface area contributed by atoms with E-state index in [0.29, 0.717) is 12.8 Å². The van der Waals surface area contributed by atoms with Crippen LogP contribution in [0.5, 0.6) is 0 Å². The molecule has 0 aromatic rings. The van der Waals surface area contributed by atoms with Crippen LogP contribution >= 0.6 is 0 Å². The summed E-state index contributed by atoms with van der Waals surface area (Å²) in [5.41, 5.74) is 0. The van der Waals surface area contributed by atoms with Gasteiger partial charge in [-0.1, -0.05) is 76.7 Å². The smallest absolute Gasteiger partial charge is 0.314 e. The molecule has 0 aromatic carbocycles. The van der Waals surface area contributed by atoms with Crippen molar-refractivity contribution < 1.29 is 19.1 Å². The number of hydrogen-bond acceptors (Lipinski definition) is 4. The minimum absolute atomic E-state index is 0.344. The molecule has 0 radical (unpaired) electrons. The summed E-state index contributed by atoms with van der Waals surface area (Å²) in [7, 11) is 0. The Morgan fingerprint density at radius 2 is 1.18 bits per heavy atom. The lowest BCUT2D eigenvalue weighted by atomic mass is 9.79. The molecule has 156 valence electrons. The molecule has 0 aliphatic heterocycles. The SMILES string of the molecule is CCCC/C=C/C=C/OC(=O)C1CCCCC1C(=O)O/C=C/C=C/CCCC. The molecule has 2 unspecified atom stereocenters. The summed E-state index contributed by atoms with van der Waals surface area (Å²) in [5, 5.41) is 0. The van der Waals surface area contributed by atoms with Gasteiger partial charge in [-0.2, -0.15) is 0 Å². The van der Waals surface area contributed by atoms with Crippen LogP contribution in [-0.2, 0) is 19.1 Å². The summed E-state index contributed by atoms with van der Waals surface area (Å²) in [6.45, 7) is 4.30. The molecule has 4 heteroatoms. The highest BCUT2D eigenvalue weighted by atomic mass is 16.5. The standard InChI is InChI=1S/C24H36O4/c1-3-5-7-9-11-15-19-27-23(25)21-17-13-14-18-22(21)24(26)28-20-16-12-10-8-6-4-2/h9-12,15-16,19-22H,3-8,13-14,17-18H2,1-2H3/b11-9+,12-10+,19-15+,20-16+. The average molecular weight is 389 g/mol. The zero-order valence-corrected chi connectivity index (χ0v) is 17.5. The first kappa shape index (κ1) is 23.9. The molecule has 1 aliphatic carbocycles. The molecular formula is C24H36O4. The molecule has 4 nitrogen and oxygen atoms in total. The van der Waals surface area contributed by atoms with Crippen molar-refractivity contribution in [3.05, 3.63) is 49.0 Å². The first-order chi connectivity index (χ1) is 13.7. The van der Waals surface area contributed by atoms with E-state index in [9.17, 15) is 9.59 Å². The second-order valence-electron chi connectivity index (χ2n) is 7.17. The van der Waals surface area contributed by atoms with E-state index in [1.54, 1.807) is 12.2 Å². The van der Waals surface area contributed by atoms with Crippen LogP contribution in [0.4, 0.5) is 0 Å². The summed E-state index contributed by atoms with van der Waals surface area (Å²) in [4.78, 5) is 24.8. The number of unbranched alkanes of at least 4 members (excludes halogenated alkanes) is 4. The molecule has 1 aliphatic rings. The molecule has 2 atom stereocenters. The Hall–Kier alpha value is -2.10. The van der Waals surface area contributed by atoms with E-state index >= 15 is 0 Å². The predicted octanol–water partition coefficient (Wildman–Crippen LogP) is 6.40. The lowest BCUT2D eigenvalue weighted by molar-refractivity contribution is -0.156. The van der Waals surface area contributed by atoms with Crippen molar-refractivity contribution in [3.8, 4) is 0 Å². The normalized spacial score (nSPS) is 20.5. The fourth-order valence-electron chi connectivity index (χ4n) is 3.17. The van der Waals surface area contributed by atoms with Gasteiger partial charge in [-0.05, 0) is 37.8 Å². The van der Waals surface area contributed by atoms with Gasteiger partial charge in [0, 0.05) is 0 Å². The molecule has 1 rings (SSSR count). The molecule has 1 saturated carbocycles. The van der Waals surface area contributed by atoms with Crippen molar-refractivity contribution in [2.45, 2.75) is 78.1 Å². The third-order valence-corrected chi connectivity index (χ3v) is 4.84.